The molecule has 0 nitrogen and oxygen atoms in total. The van der Waals surface area contributed by atoms with Crippen molar-refractivity contribution in [2.45, 2.75) is 32.1 Å². The average molecular weight is 201 g/mol. The van der Waals surface area contributed by atoms with Gasteiger partial charge in [0.15, 0.2) is 0 Å². The molecule has 0 aromatic rings. The second-order valence-corrected chi connectivity index (χ2v) is 3.23. The van der Waals surface area contributed by atoms with Gasteiger partial charge in [-0.05, 0) is 30.7 Å². The smallest absolute Gasteiger partial charge is 0.0189 e. The van der Waals surface area contributed by atoms with Crippen molar-refractivity contribution in [3.05, 3.63) is 22.7 Å². The Kier molecular flexibility index (Phi) is 3.81. The summed E-state index contributed by atoms with van der Waals surface area (Å²) in [6, 6.07) is 0. The maximum absolute atomic E-state index is 3.25. The minimum Gasteiger partial charge on any atom is -0.0702 e. The van der Waals surface area contributed by atoms with Crippen molar-refractivity contribution in [1.29, 1.82) is 0 Å². The molecule has 10 heavy (non-hydrogen) atoms. The molecule has 1 aliphatic rings. The zero-order valence-corrected chi connectivity index (χ0v) is 7.73. The lowest BCUT2D eigenvalue weighted by atomic mass is 9.95. The van der Waals surface area contributed by atoms with Crippen LogP contribution in [-0.2, 0) is 0 Å². The first-order chi connectivity index (χ1) is 4.93. The summed E-state index contributed by atoms with van der Waals surface area (Å²) in [5.74, 6) is 0. The van der Waals surface area contributed by atoms with Gasteiger partial charge in [0.2, 0.25) is 0 Å². The lowest BCUT2D eigenvalue weighted by molar-refractivity contribution is 0.599. The highest BCUT2D eigenvalue weighted by Gasteiger charge is 2.02. The van der Waals surface area contributed by atoms with Crippen LogP contribution in [0.2, 0.25) is 0 Å². The van der Waals surface area contributed by atoms with Crippen LogP contribution in [0.5, 0.6) is 0 Å². The van der Waals surface area contributed by atoms with E-state index in [0.29, 0.717) is 0 Å². The van der Waals surface area contributed by atoms with Crippen LogP contribution in [0, 0.1) is 0 Å². The zero-order valence-electron chi connectivity index (χ0n) is 6.15. The molecule has 1 rings (SSSR count). The van der Waals surface area contributed by atoms with Gasteiger partial charge in [0, 0.05) is 0 Å². The van der Waals surface area contributed by atoms with E-state index in [1.165, 1.54) is 32.1 Å². The fourth-order valence-electron chi connectivity index (χ4n) is 1.35. The number of hydrogen-bond acceptors (Lipinski definition) is 0. The fourth-order valence-corrected chi connectivity index (χ4v) is 1.50. The van der Waals surface area contributed by atoms with Crippen molar-refractivity contribution >= 4 is 15.9 Å². The van der Waals surface area contributed by atoms with Crippen LogP contribution in [0.15, 0.2) is 22.7 Å². The van der Waals surface area contributed by atoms with Gasteiger partial charge >= 0.3 is 0 Å². The lowest BCUT2D eigenvalue weighted by Crippen LogP contribution is -1.92. The van der Waals surface area contributed by atoms with E-state index in [0.717, 1.165) is 0 Å². The van der Waals surface area contributed by atoms with E-state index in [-0.39, 0.29) is 0 Å². The van der Waals surface area contributed by atoms with Gasteiger partial charge in [0.1, 0.15) is 0 Å². The summed E-state index contributed by atoms with van der Waals surface area (Å²) >= 11 is 3.25. The molecule has 0 unspecified atom stereocenters. The highest BCUT2D eigenvalue weighted by atomic mass is 79.9. The monoisotopic (exact) mass is 200 g/mol. The summed E-state index contributed by atoms with van der Waals surface area (Å²) in [5, 5.41) is 0. The molecule has 1 fully saturated rings. The van der Waals surface area contributed by atoms with Crippen LogP contribution < -0.4 is 0 Å². The first kappa shape index (κ1) is 8.06. The summed E-state index contributed by atoms with van der Waals surface area (Å²) in [5.41, 5.74) is 1.61. The fraction of sp³-hybridized carbons (Fsp3) is 0.556. The highest BCUT2D eigenvalue weighted by molar-refractivity contribution is 9.11. The molecule has 1 aliphatic carbocycles. The number of hydrogen-bond donors (Lipinski definition) is 0. The van der Waals surface area contributed by atoms with Crippen LogP contribution in [0.1, 0.15) is 32.1 Å². The van der Waals surface area contributed by atoms with Crippen molar-refractivity contribution in [2.75, 3.05) is 0 Å². The van der Waals surface area contributed by atoms with Crippen molar-refractivity contribution in [3.8, 4) is 0 Å². The molecule has 0 saturated heterocycles. The molecule has 0 aliphatic heterocycles. The van der Waals surface area contributed by atoms with Gasteiger partial charge in [-0.25, -0.2) is 0 Å². The second-order valence-electron chi connectivity index (χ2n) is 2.70. The first-order valence-corrected chi connectivity index (χ1v) is 4.80. The van der Waals surface area contributed by atoms with Gasteiger partial charge in [-0.15, -0.1) is 0 Å². The Labute approximate surface area is 71.1 Å². The summed E-state index contributed by atoms with van der Waals surface area (Å²) < 4.78 is 0. The van der Waals surface area contributed by atoms with E-state index < -0.39 is 0 Å². The molecular weight excluding hydrogens is 188 g/mol. The lowest BCUT2D eigenvalue weighted by Gasteiger charge is -2.11. The standard InChI is InChI=1S/C9H13Br/c10-8-4-7-9-5-2-1-3-6-9/h4,7-8H,1-3,5-6H2/b8-4+. The van der Waals surface area contributed by atoms with E-state index in [1.807, 2.05) is 4.99 Å². The zero-order chi connectivity index (χ0) is 7.23. The molecule has 0 radical (unpaired) electrons. The van der Waals surface area contributed by atoms with Crippen LogP contribution in [0.4, 0.5) is 0 Å². The molecule has 0 amide bonds. The topological polar surface area (TPSA) is 0 Å². The van der Waals surface area contributed by atoms with Crippen LogP contribution in [-0.4, -0.2) is 0 Å². The minimum atomic E-state index is 1.32. The van der Waals surface area contributed by atoms with Crippen molar-refractivity contribution in [3.63, 3.8) is 0 Å². The molecule has 0 N–H and O–H groups in total. The van der Waals surface area contributed by atoms with Crippen LogP contribution >= 0.6 is 15.9 Å². The predicted molar refractivity (Wildman–Crippen MR) is 49.2 cm³/mol. The normalized spacial score (nSPS) is 19.9. The number of rotatable bonds is 1. The Morgan fingerprint density at radius 2 is 1.80 bits per heavy atom. The quantitative estimate of drug-likeness (QED) is 0.605. The van der Waals surface area contributed by atoms with Gasteiger partial charge < -0.3 is 0 Å². The molecular formula is C9H13Br. The van der Waals surface area contributed by atoms with Crippen LogP contribution in [0.3, 0.4) is 0 Å². The summed E-state index contributed by atoms with van der Waals surface area (Å²) in [6.07, 6.45) is 11.1. The van der Waals surface area contributed by atoms with E-state index in [4.69, 9.17) is 0 Å². The Balaban J connectivity index is 2.37. The number of allylic oxidation sites excluding steroid dienone is 3. The maximum atomic E-state index is 3.25. The molecule has 0 aromatic heterocycles. The van der Waals surface area contributed by atoms with E-state index in [9.17, 15) is 0 Å². The Morgan fingerprint density at radius 1 is 1.10 bits per heavy atom. The van der Waals surface area contributed by atoms with Crippen molar-refractivity contribution in [2.24, 2.45) is 0 Å². The molecule has 0 atom stereocenters. The van der Waals surface area contributed by atoms with Gasteiger partial charge in [0.25, 0.3) is 0 Å². The van der Waals surface area contributed by atoms with E-state index in [2.05, 4.69) is 28.1 Å². The molecule has 0 bridgehead atoms. The summed E-state index contributed by atoms with van der Waals surface area (Å²) in [6.45, 7) is 0. The van der Waals surface area contributed by atoms with E-state index in [1.54, 1.807) is 5.57 Å². The third-order valence-electron chi connectivity index (χ3n) is 1.90. The molecule has 0 aromatic carbocycles. The van der Waals surface area contributed by atoms with E-state index >= 15 is 0 Å². The largest absolute Gasteiger partial charge is 0.0702 e. The minimum absolute atomic E-state index is 1.32. The van der Waals surface area contributed by atoms with Gasteiger partial charge in [-0.1, -0.05) is 40.1 Å². The van der Waals surface area contributed by atoms with Crippen molar-refractivity contribution < 1.29 is 0 Å². The van der Waals surface area contributed by atoms with Crippen molar-refractivity contribution in [1.82, 2.24) is 0 Å². The third kappa shape index (κ3) is 2.70. The van der Waals surface area contributed by atoms with Gasteiger partial charge in [-0.2, -0.15) is 0 Å². The Hall–Kier alpha value is -0.0400. The molecule has 56 valence electrons. The third-order valence-corrected chi connectivity index (χ3v) is 2.21. The SMILES string of the molecule is Br/C=C/C=C1CCCCC1. The average Bonchev–Trinajstić information content (AvgIpc) is 2.03. The summed E-state index contributed by atoms with van der Waals surface area (Å²) in [4.78, 5) is 1.91. The molecule has 1 heteroatoms. The van der Waals surface area contributed by atoms with Gasteiger partial charge in [-0.3, -0.25) is 0 Å². The first-order valence-electron chi connectivity index (χ1n) is 3.88. The second kappa shape index (κ2) is 4.73. The maximum Gasteiger partial charge on any atom is -0.0189 e. The molecule has 1 saturated carbocycles. The van der Waals surface area contributed by atoms with Crippen LogP contribution in [0.25, 0.3) is 0 Å². The Bertz CT molecular complexity index is 137. The van der Waals surface area contributed by atoms with Gasteiger partial charge in [0.05, 0.1) is 0 Å². The number of halogens is 1. The summed E-state index contributed by atoms with van der Waals surface area (Å²) in [7, 11) is 0. The predicted octanol–water partition coefficient (Wildman–Crippen LogP) is 3.79. The molecule has 0 heterocycles. The highest BCUT2D eigenvalue weighted by Crippen LogP contribution is 2.22. The molecule has 0 spiro atoms. The Morgan fingerprint density at radius 3 is 2.40 bits per heavy atom.